The lowest BCUT2D eigenvalue weighted by molar-refractivity contribution is 0.111. The molecular weight excluding hydrogens is 410 g/mol. The second-order valence-corrected chi connectivity index (χ2v) is 7.57. The van der Waals surface area contributed by atoms with E-state index in [1.807, 2.05) is 0 Å². The van der Waals surface area contributed by atoms with Gasteiger partial charge in [-0.2, -0.15) is 0 Å². The van der Waals surface area contributed by atoms with Crippen LogP contribution in [0.4, 0.5) is 0 Å². The van der Waals surface area contributed by atoms with Crippen molar-refractivity contribution in [3.8, 4) is 11.1 Å². The fourth-order valence-electron chi connectivity index (χ4n) is 2.95. The quantitative estimate of drug-likeness (QED) is 0.457. The zero-order valence-corrected chi connectivity index (χ0v) is 18.2. The minimum atomic E-state index is -0.423. The number of rotatable bonds is 10. The maximum Gasteiger partial charge on any atom is 0.0916 e. The molecule has 2 rings (SSSR count). The van der Waals surface area contributed by atoms with Crippen molar-refractivity contribution in [1.29, 1.82) is 0 Å². The fourth-order valence-corrected chi connectivity index (χ4v) is 3.21. The van der Waals surface area contributed by atoms with Gasteiger partial charge in [-0.3, -0.25) is 0 Å². The third kappa shape index (κ3) is 7.40. The van der Waals surface area contributed by atoms with Gasteiger partial charge in [0.25, 0.3) is 0 Å². The molecule has 0 fully saturated rings. The maximum atomic E-state index is 10.6. The summed E-state index contributed by atoms with van der Waals surface area (Å²) in [7, 11) is 0. The van der Waals surface area contributed by atoms with Crippen LogP contribution in [-0.4, -0.2) is 29.6 Å². The number of unbranched alkanes of at least 4 members (excludes halogenated alkanes) is 2. The Labute approximate surface area is 173 Å². The van der Waals surface area contributed by atoms with Crippen molar-refractivity contribution in [3.63, 3.8) is 0 Å². The summed E-state index contributed by atoms with van der Waals surface area (Å²) in [4.78, 5) is 2.40. The lowest BCUT2D eigenvalue weighted by Crippen LogP contribution is -2.30. The van der Waals surface area contributed by atoms with Gasteiger partial charge in [-0.25, -0.2) is 0 Å². The zero-order valence-electron chi connectivity index (χ0n) is 15.8. The Balaban J connectivity index is 0.00000338. The van der Waals surface area contributed by atoms with Gasteiger partial charge in [-0.05, 0) is 54.8 Å². The molecule has 2 aromatic carbocycles. The van der Waals surface area contributed by atoms with Gasteiger partial charge < -0.3 is 10.0 Å². The van der Waals surface area contributed by atoms with Gasteiger partial charge in [-0.1, -0.05) is 79.0 Å². The molecule has 0 radical (unpaired) electrons. The van der Waals surface area contributed by atoms with Crippen LogP contribution in [0.5, 0.6) is 0 Å². The summed E-state index contributed by atoms with van der Waals surface area (Å²) < 4.78 is 1.09. The molecular formula is C22H31BrClNO. The molecule has 0 aromatic heterocycles. The molecule has 0 aliphatic heterocycles. The van der Waals surface area contributed by atoms with E-state index in [9.17, 15) is 5.11 Å². The van der Waals surface area contributed by atoms with Crippen LogP contribution in [0.2, 0.25) is 0 Å². The number of hydrogen-bond donors (Lipinski definition) is 1. The lowest BCUT2D eigenvalue weighted by Gasteiger charge is -2.25. The van der Waals surface area contributed by atoms with Crippen molar-refractivity contribution in [2.45, 2.75) is 45.6 Å². The van der Waals surface area contributed by atoms with Crippen molar-refractivity contribution in [1.82, 2.24) is 4.90 Å². The number of hydrogen-bond acceptors (Lipinski definition) is 2. The minimum absolute atomic E-state index is 0. The van der Waals surface area contributed by atoms with Crippen LogP contribution in [0.25, 0.3) is 11.1 Å². The Morgan fingerprint density at radius 1 is 0.846 bits per heavy atom. The summed E-state index contributed by atoms with van der Waals surface area (Å²) in [6, 6.07) is 16.6. The largest absolute Gasteiger partial charge is 0.387 e. The van der Waals surface area contributed by atoms with Gasteiger partial charge in [-0.15, -0.1) is 12.4 Å². The standard InChI is InChI=1S/C22H30BrNO.ClH/c1-3-5-15-24(16-6-4-2)17-22(25)20-9-7-18(8-10-20)19-11-13-21(23)14-12-19;/h7-14,22,25H,3-6,15-17H2,1-2H3;1H. The number of aliphatic hydroxyl groups excluding tert-OH is 1. The number of aliphatic hydroxyl groups is 1. The third-order valence-corrected chi connectivity index (χ3v) is 5.09. The van der Waals surface area contributed by atoms with Crippen molar-refractivity contribution >= 4 is 28.3 Å². The van der Waals surface area contributed by atoms with Gasteiger partial charge >= 0.3 is 0 Å². The number of halogens is 2. The smallest absolute Gasteiger partial charge is 0.0916 e. The molecule has 2 aromatic rings. The molecule has 2 nitrogen and oxygen atoms in total. The molecule has 0 heterocycles. The predicted molar refractivity (Wildman–Crippen MR) is 118 cm³/mol. The summed E-state index contributed by atoms with van der Waals surface area (Å²) in [5.74, 6) is 0. The lowest BCUT2D eigenvalue weighted by atomic mass is 10.0. The number of nitrogens with zero attached hydrogens (tertiary/aromatic N) is 1. The molecule has 0 aliphatic carbocycles. The van der Waals surface area contributed by atoms with E-state index in [-0.39, 0.29) is 12.4 Å². The van der Waals surface area contributed by atoms with Crippen LogP contribution in [-0.2, 0) is 0 Å². The monoisotopic (exact) mass is 439 g/mol. The average molecular weight is 441 g/mol. The summed E-state index contributed by atoms with van der Waals surface area (Å²) in [5, 5.41) is 10.6. The third-order valence-electron chi connectivity index (χ3n) is 4.56. The van der Waals surface area contributed by atoms with Crippen molar-refractivity contribution in [2.75, 3.05) is 19.6 Å². The highest BCUT2D eigenvalue weighted by atomic mass is 79.9. The van der Waals surface area contributed by atoms with Crippen molar-refractivity contribution < 1.29 is 5.11 Å². The molecule has 1 unspecified atom stereocenters. The first-order valence-corrected chi connectivity index (χ1v) is 10.2. The summed E-state index contributed by atoms with van der Waals surface area (Å²) in [5.41, 5.74) is 3.37. The first kappa shape index (κ1) is 23.2. The van der Waals surface area contributed by atoms with Gasteiger partial charge in [0.05, 0.1) is 6.10 Å². The maximum absolute atomic E-state index is 10.6. The number of benzene rings is 2. The van der Waals surface area contributed by atoms with Crippen LogP contribution < -0.4 is 0 Å². The van der Waals surface area contributed by atoms with E-state index in [0.717, 1.165) is 29.7 Å². The molecule has 1 atom stereocenters. The highest BCUT2D eigenvalue weighted by Gasteiger charge is 2.13. The molecule has 0 aliphatic rings. The van der Waals surface area contributed by atoms with E-state index in [1.54, 1.807) is 0 Å². The normalized spacial score (nSPS) is 12.0. The molecule has 1 N–H and O–H groups in total. The van der Waals surface area contributed by atoms with Crippen LogP contribution in [0.3, 0.4) is 0 Å². The summed E-state index contributed by atoms with van der Waals surface area (Å²) in [6.45, 7) is 7.30. The van der Waals surface area contributed by atoms with E-state index in [4.69, 9.17) is 0 Å². The highest BCUT2D eigenvalue weighted by Crippen LogP contribution is 2.24. The predicted octanol–water partition coefficient (Wildman–Crippen LogP) is 6.47. The van der Waals surface area contributed by atoms with E-state index >= 15 is 0 Å². The van der Waals surface area contributed by atoms with Crippen LogP contribution >= 0.6 is 28.3 Å². The van der Waals surface area contributed by atoms with Gasteiger partial charge in [0.15, 0.2) is 0 Å². The molecule has 0 saturated heterocycles. The first-order chi connectivity index (χ1) is 12.1. The Bertz CT molecular complexity index is 607. The molecule has 144 valence electrons. The topological polar surface area (TPSA) is 23.5 Å². The van der Waals surface area contributed by atoms with Crippen LogP contribution in [0, 0.1) is 0 Å². The molecule has 0 spiro atoms. The fraction of sp³-hybridized carbons (Fsp3) is 0.455. The van der Waals surface area contributed by atoms with Crippen molar-refractivity contribution in [2.24, 2.45) is 0 Å². The Hall–Kier alpha value is -0.870. The van der Waals surface area contributed by atoms with E-state index in [1.165, 1.54) is 36.8 Å². The first-order valence-electron chi connectivity index (χ1n) is 9.40. The summed E-state index contributed by atoms with van der Waals surface area (Å²) >= 11 is 3.47. The Kier molecular flexibility index (Phi) is 11.1. The SMILES string of the molecule is CCCCN(CCCC)CC(O)c1ccc(-c2ccc(Br)cc2)cc1.Cl. The molecule has 0 saturated carbocycles. The Morgan fingerprint density at radius 2 is 1.31 bits per heavy atom. The van der Waals surface area contributed by atoms with E-state index < -0.39 is 6.10 Å². The van der Waals surface area contributed by atoms with Gasteiger partial charge in [0.1, 0.15) is 0 Å². The van der Waals surface area contributed by atoms with Crippen LogP contribution in [0.15, 0.2) is 53.0 Å². The summed E-state index contributed by atoms with van der Waals surface area (Å²) in [6.07, 6.45) is 4.35. The molecule has 0 bridgehead atoms. The zero-order chi connectivity index (χ0) is 18.1. The van der Waals surface area contributed by atoms with Gasteiger partial charge in [0.2, 0.25) is 0 Å². The Morgan fingerprint density at radius 3 is 1.77 bits per heavy atom. The molecule has 26 heavy (non-hydrogen) atoms. The van der Waals surface area contributed by atoms with E-state index in [2.05, 4.69) is 83.2 Å². The van der Waals surface area contributed by atoms with E-state index in [0.29, 0.717) is 0 Å². The second-order valence-electron chi connectivity index (χ2n) is 6.65. The van der Waals surface area contributed by atoms with Crippen LogP contribution in [0.1, 0.15) is 51.2 Å². The van der Waals surface area contributed by atoms with Crippen molar-refractivity contribution in [3.05, 3.63) is 58.6 Å². The van der Waals surface area contributed by atoms with Gasteiger partial charge in [0, 0.05) is 11.0 Å². The highest BCUT2D eigenvalue weighted by molar-refractivity contribution is 9.10. The molecule has 0 amide bonds. The second kappa shape index (κ2) is 12.5. The molecule has 4 heteroatoms. The average Bonchev–Trinajstić information content (AvgIpc) is 2.64. The minimum Gasteiger partial charge on any atom is -0.387 e.